The van der Waals surface area contributed by atoms with E-state index in [0.717, 1.165) is 5.56 Å². The summed E-state index contributed by atoms with van der Waals surface area (Å²) < 4.78 is 7.57. The predicted molar refractivity (Wildman–Crippen MR) is 46.4 cm³/mol. The average molecular weight is 163 g/mol. The van der Waals surface area contributed by atoms with Gasteiger partial charge >= 0.3 is 0 Å². The van der Waals surface area contributed by atoms with Gasteiger partial charge in [0.2, 0.25) is 0 Å². The van der Waals surface area contributed by atoms with E-state index in [1.807, 2.05) is 6.07 Å². The minimum Gasteiger partial charge on any atom is -0.386 e. The van der Waals surface area contributed by atoms with E-state index in [1.165, 1.54) is 6.08 Å². The summed E-state index contributed by atoms with van der Waals surface area (Å²) in [7, 11) is 0. The molecule has 0 aliphatic heterocycles. The van der Waals surface area contributed by atoms with Crippen molar-refractivity contribution in [3.8, 4) is 0 Å². The lowest BCUT2D eigenvalue weighted by Gasteiger charge is -2.21. The molecule has 62 valence electrons. The molecular formula is C10H10O2. The van der Waals surface area contributed by atoms with Gasteiger partial charge in [-0.3, -0.25) is 0 Å². The van der Waals surface area contributed by atoms with Crippen LogP contribution in [-0.2, 0) is 0 Å². The summed E-state index contributed by atoms with van der Waals surface area (Å²) >= 11 is 0. The summed E-state index contributed by atoms with van der Waals surface area (Å²) in [5.74, 6) is 0. The summed E-state index contributed by atoms with van der Waals surface area (Å²) in [6.07, 6.45) is 0.0753. The Labute approximate surface area is 72.2 Å². The molecule has 0 unspecified atom stereocenters. The zero-order chi connectivity index (χ0) is 9.47. The van der Waals surface area contributed by atoms with E-state index >= 15 is 0 Å². The van der Waals surface area contributed by atoms with Crippen molar-refractivity contribution in [3.63, 3.8) is 0 Å². The zero-order valence-electron chi connectivity index (χ0n) is 7.44. The van der Waals surface area contributed by atoms with Crippen molar-refractivity contribution < 1.29 is 11.6 Å². The first-order valence-electron chi connectivity index (χ1n) is 4.30. The SMILES string of the molecule is [2H][C@@]1(O)c2ccccc2C=C[C@@H]1O. The second-order valence-electron chi connectivity index (χ2n) is 2.78. The summed E-state index contributed by atoms with van der Waals surface area (Å²) in [6, 6.07) is 7.02. The van der Waals surface area contributed by atoms with Gasteiger partial charge in [-0.15, -0.1) is 0 Å². The van der Waals surface area contributed by atoms with Crippen LogP contribution in [0, 0.1) is 0 Å². The number of fused-ring (bicyclic) bond motifs is 1. The molecule has 1 aliphatic rings. The minimum atomic E-state index is -1.91. The van der Waals surface area contributed by atoms with Crippen LogP contribution in [0.2, 0.25) is 0 Å². The van der Waals surface area contributed by atoms with Gasteiger partial charge in [0.25, 0.3) is 0 Å². The van der Waals surface area contributed by atoms with E-state index in [4.69, 9.17) is 1.37 Å². The van der Waals surface area contributed by atoms with Crippen LogP contribution in [0.3, 0.4) is 0 Å². The van der Waals surface area contributed by atoms with Gasteiger partial charge in [0.05, 0.1) is 1.37 Å². The topological polar surface area (TPSA) is 40.5 Å². The van der Waals surface area contributed by atoms with Crippen LogP contribution in [0.1, 0.15) is 18.6 Å². The molecular weight excluding hydrogens is 152 g/mol. The number of hydrogen-bond acceptors (Lipinski definition) is 2. The molecule has 0 amide bonds. The number of aliphatic hydroxyl groups is 2. The molecule has 0 saturated heterocycles. The van der Waals surface area contributed by atoms with Gasteiger partial charge < -0.3 is 10.2 Å². The number of rotatable bonds is 0. The Balaban J connectivity index is 2.61. The standard InChI is InChI=1S/C10H10O2/c11-9-6-5-7-3-1-2-4-8(7)10(9)12/h1-6,9-12H/t9-,10+/m0/s1/i10D. The lowest BCUT2D eigenvalue weighted by Crippen LogP contribution is -2.19. The molecule has 1 aromatic rings. The Hall–Kier alpha value is -1.12. The van der Waals surface area contributed by atoms with Crippen LogP contribution >= 0.6 is 0 Å². The zero-order valence-corrected chi connectivity index (χ0v) is 6.44. The first-order valence-corrected chi connectivity index (χ1v) is 3.80. The van der Waals surface area contributed by atoms with E-state index in [9.17, 15) is 10.2 Å². The van der Waals surface area contributed by atoms with Gasteiger partial charge in [-0.05, 0) is 11.1 Å². The Morgan fingerprint density at radius 3 is 2.83 bits per heavy atom. The molecule has 0 saturated carbocycles. The van der Waals surface area contributed by atoms with Crippen LogP contribution in [0.25, 0.3) is 6.08 Å². The molecule has 0 radical (unpaired) electrons. The van der Waals surface area contributed by atoms with Gasteiger partial charge in [-0.25, -0.2) is 0 Å². The van der Waals surface area contributed by atoms with Crippen molar-refractivity contribution in [2.75, 3.05) is 0 Å². The van der Waals surface area contributed by atoms with Crippen molar-refractivity contribution in [1.29, 1.82) is 0 Å². The van der Waals surface area contributed by atoms with E-state index < -0.39 is 12.2 Å². The van der Waals surface area contributed by atoms with E-state index in [-0.39, 0.29) is 0 Å². The predicted octanol–water partition coefficient (Wildman–Crippen LogP) is 1.11. The van der Waals surface area contributed by atoms with Crippen molar-refractivity contribution in [2.24, 2.45) is 0 Å². The Bertz CT molecular complexity index is 358. The fourth-order valence-electron chi connectivity index (χ4n) is 1.32. The second kappa shape index (κ2) is 2.73. The van der Waals surface area contributed by atoms with Crippen LogP contribution in [0.15, 0.2) is 30.3 Å². The van der Waals surface area contributed by atoms with Gasteiger partial charge in [0.15, 0.2) is 0 Å². The molecule has 0 aromatic heterocycles. The molecule has 0 spiro atoms. The Morgan fingerprint density at radius 1 is 1.25 bits per heavy atom. The highest BCUT2D eigenvalue weighted by atomic mass is 16.3. The third-order valence-corrected chi connectivity index (χ3v) is 1.97. The first kappa shape index (κ1) is 6.40. The fraction of sp³-hybridized carbons (Fsp3) is 0.200. The molecule has 0 heterocycles. The quantitative estimate of drug-likeness (QED) is 0.601. The molecule has 1 aromatic carbocycles. The highest BCUT2D eigenvalue weighted by Crippen LogP contribution is 2.27. The highest BCUT2D eigenvalue weighted by molar-refractivity contribution is 5.58. The fourth-order valence-corrected chi connectivity index (χ4v) is 1.32. The van der Waals surface area contributed by atoms with Crippen molar-refractivity contribution in [1.82, 2.24) is 0 Å². The summed E-state index contributed by atoms with van der Waals surface area (Å²) in [4.78, 5) is 0. The maximum atomic E-state index is 9.66. The molecule has 1 aliphatic carbocycles. The monoisotopic (exact) mass is 163 g/mol. The maximum absolute atomic E-state index is 9.66. The third-order valence-electron chi connectivity index (χ3n) is 1.97. The Kier molecular flexibility index (Phi) is 1.46. The second-order valence-corrected chi connectivity index (χ2v) is 2.78. The minimum absolute atomic E-state index is 0.449. The molecule has 2 heteroatoms. The van der Waals surface area contributed by atoms with Gasteiger partial charge in [0, 0.05) is 0 Å². The smallest absolute Gasteiger partial charge is 0.109 e. The molecule has 2 rings (SSSR count). The molecule has 2 atom stereocenters. The van der Waals surface area contributed by atoms with E-state index in [0.29, 0.717) is 5.56 Å². The molecule has 2 nitrogen and oxygen atoms in total. The number of aliphatic hydroxyl groups excluding tert-OH is 1. The van der Waals surface area contributed by atoms with Crippen molar-refractivity contribution >= 4 is 6.08 Å². The van der Waals surface area contributed by atoms with Gasteiger partial charge in [0.1, 0.15) is 12.2 Å². The molecule has 0 bridgehead atoms. The highest BCUT2D eigenvalue weighted by Gasteiger charge is 2.20. The van der Waals surface area contributed by atoms with Gasteiger partial charge in [-0.1, -0.05) is 36.4 Å². The number of benzene rings is 1. The van der Waals surface area contributed by atoms with Crippen LogP contribution in [0.5, 0.6) is 0 Å². The van der Waals surface area contributed by atoms with Crippen LogP contribution < -0.4 is 0 Å². The van der Waals surface area contributed by atoms with Crippen molar-refractivity contribution in [2.45, 2.75) is 12.2 Å². The van der Waals surface area contributed by atoms with E-state index in [1.54, 1.807) is 24.3 Å². The van der Waals surface area contributed by atoms with Crippen LogP contribution in [0.4, 0.5) is 0 Å². The largest absolute Gasteiger partial charge is 0.386 e. The summed E-state index contributed by atoms with van der Waals surface area (Å²) in [6.45, 7) is 0. The van der Waals surface area contributed by atoms with Gasteiger partial charge in [-0.2, -0.15) is 0 Å². The lowest BCUT2D eigenvalue weighted by atomic mass is 9.93. The number of hydrogen-bond donors (Lipinski definition) is 2. The summed E-state index contributed by atoms with van der Waals surface area (Å²) in [5.41, 5.74) is 1.23. The van der Waals surface area contributed by atoms with E-state index in [2.05, 4.69) is 0 Å². The average Bonchev–Trinajstić information content (AvgIpc) is 2.13. The molecule has 0 fully saturated rings. The molecule has 12 heavy (non-hydrogen) atoms. The molecule has 2 N–H and O–H groups in total. The Morgan fingerprint density at radius 2 is 2.00 bits per heavy atom. The first-order chi connectivity index (χ1) is 6.12. The third kappa shape index (κ3) is 1.05. The normalized spacial score (nSPS) is 34.2. The van der Waals surface area contributed by atoms with Crippen molar-refractivity contribution in [3.05, 3.63) is 41.5 Å². The van der Waals surface area contributed by atoms with Crippen LogP contribution in [-0.4, -0.2) is 16.3 Å². The lowest BCUT2D eigenvalue weighted by molar-refractivity contribution is 0.0470. The summed E-state index contributed by atoms with van der Waals surface area (Å²) in [5, 5.41) is 19.0. The maximum Gasteiger partial charge on any atom is 0.109 e.